The molecule has 1 radical (unpaired) electrons. The Balaban J connectivity index is 2.54. The fourth-order valence-corrected chi connectivity index (χ4v) is 1.11. The van der Waals surface area contributed by atoms with Crippen LogP contribution in [0.15, 0.2) is 24.3 Å². The van der Waals surface area contributed by atoms with Crippen LogP contribution in [-0.2, 0) is 6.54 Å². The van der Waals surface area contributed by atoms with Gasteiger partial charge in [0.15, 0.2) is 0 Å². The molecular formula is C7H8BN2. The van der Waals surface area contributed by atoms with Crippen LogP contribution in [0, 0.1) is 0 Å². The van der Waals surface area contributed by atoms with Crippen molar-refractivity contribution in [3.8, 4) is 0 Å². The fourth-order valence-electron chi connectivity index (χ4n) is 1.11. The van der Waals surface area contributed by atoms with Crippen molar-refractivity contribution in [2.24, 2.45) is 0 Å². The number of hydrazine groups is 1. The number of benzene rings is 1. The summed E-state index contributed by atoms with van der Waals surface area (Å²) < 4.78 is 0. The van der Waals surface area contributed by atoms with Crippen LogP contribution in [0.25, 0.3) is 0 Å². The third kappa shape index (κ3) is 0.836. The molecule has 0 saturated carbocycles. The lowest BCUT2D eigenvalue weighted by Gasteiger charge is -2.14. The van der Waals surface area contributed by atoms with Crippen molar-refractivity contribution in [3.63, 3.8) is 0 Å². The third-order valence-corrected chi connectivity index (χ3v) is 1.66. The van der Waals surface area contributed by atoms with E-state index in [0.29, 0.717) is 0 Å². The zero-order valence-corrected chi connectivity index (χ0v) is 5.59. The lowest BCUT2D eigenvalue weighted by molar-refractivity contribution is -0.515. The number of hydrogen-bond acceptors (Lipinski definition) is 1. The Morgan fingerprint density at radius 3 is 3.20 bits per heavy atom. The maximum Gasteiger partial charge on any atom is 0.109 e. The molecule has 0 aromatic heterocycles. The predicted octanol–water partition coefficient (Wildman–Crippen LogP) is -1.70. The van der Waals surface area contributed by atoms with Crippen molar-refractivity contribution in [1.29, 1.82) is 0 Å². The Hall–Kier alpha value is -1.12. The molecule has 2 nitrogen and oxygen atoms in total. The minimum Gasteiger partial charge on any atom is -0.419 e. The summed E-state index contributed by atoms with van der Waals surface area (Å²) in [6.45, 7) is 0.909. The van der Waals surface area contributed by atoms with E-state index in [1.807, 2.05) is 13.1 Å². The van der Waals surface area contributed by atoms with Gasteiger partial charge in [-0.1, -0.05) is 29.8 Å². The first-order valence-electron chi connectivity index (χ1n) is 3.36. The second kappa shape index (κ2) is 2.25. The van der Waals surface area contributed by atoms with E-state index < -0.39 is 0 Å². The Kier molecular flexibility index (Phi) is 1.27. The second-order valence-corrected chi connectivity index (χ2v) is 2.34. The molecule has 3 heteroatoms. The maximum atomic E-state index is 3.04. The zero-order chi connectivity index (χ0) is 6.81. The Labute approximate surface area is 60.2 Å². The van der Waals surface area contributed by atoms with Crippen LogP contribution >= 0.6 is 0 Å². The molecule has 1 aromatic carbocycles. The maximum absolute atomic E-state index is 3.04. The van der Waals surface area contributed by atoms with Gasteiger partial charge >= 0.3 is 0 Å². The van der Waals surface area contributed by atoms with E-state index in [1.54, 1.807) is 0 Å². The number of fused-ring (bicyclic) bond motifs is 1. The van der Waals surface area contributed by atoms with E-state index in [4.69, 9.17) is 0 Å². The Morgan fingerprint density at radius 2 is 2.30 bits per heavy atom. The molecule has 0 aliphatic carbocycles. The predicted molar refractivity (Wildman–Crippen MR) is 39.6 cm³/mol. The highest BCUT2D eigenvalue weighted by Gasteiger charge is 1.96. The summed E-state index contributed by atoms with van der Waals surface area (Å²) in [5.41, 5.74) is 5.66. The molecule has 0 spiro atoms. The van der Waals surface area contributed by atoms with Gasteiger partial charge in [0.2, 0.25) is 0 Å². The minimum atomic E-state index is 0.909. The molecule has 0 bridgehead atoms. The van der Waals surface area contributed by atoms with Gasteiger partial charge in [-0.15, -0.1) is 0 Å². The van der Waals surface area contributed by atoms with Crippen molar-refractivity contribution < 1.29 is 5.00 Å². The van der Waals surface area contributed by atoms with Gasteiger partial charge in [0, 0.05) is 0 Å². The molecule has 0 fully saturated rings. The lowest BCUT2D eigenvalue weighted by atomic mass is 9.85. The average molecular weight is 131 g/mol. The van der Waals surface area contributed by atoms with Crippen molar-refractivity contribution in [2.45, 2.75) is 6.54 Å². The normalized spacial score (nSPS) is 14.0. The molecule has 1 heterocycles. The Morgan fingerprint density at radius 1 is 1.40 bits per heavy atom. The minimum absolute atomic E-state index is 0.909. The molecule has 10 heavy (non-hydrogen) atoms. The van der Waals surface area contributed by atoms with Crippen molar-refractivity contribution in [1.82, 2.24) is 5.43 Å². The van der Waals surface area contributed by atoms with E-state index in [2.05, 4.69) is 28.6 Å². The smallest absolute Gasteiger partial charge is 0.109 e. The van der Waals surface area contributed by atoms with Gasteiger partial charge < -0.3 is 5.00 Å². The van der Waals surface area contributed by atoms with Gasteiger partial charge in [0.05, 0.1) is 6.54 Å². The molecule has 2 N–H and O–H groups in total. The first kappa shape index (κ1) is 5.65. The largest absolute Gasteiger partial charge is 0.419 e. The summed E-state index contributed by atoms with van der Waals surface area (Å²) in [4.78, 5) is 0. The van der Waals surface area contributed by atoms with Gasteiger partial charge in [-0.05, 0) is 0 Å². The molecule has 2 rings (SSSR count). The van der Waals surface area contributed by atoms with Crippen LogP contribution in [-0.4, -0.2) is 7.07 Å². The van der Waals surface area contributed by atoms with Gasteiger partial charge in [-0.2, -0.15) is 5.46 Å². The van der Waals surface area contributed by atoms with Crippen molar-refractivity contribution in [2.75, 3.05) is 0 Å². The average Bonchev–Trinajstić information content (AvgIpc) is 2.05. The Bertz CT molecular complexity index is 270. The molecule has 0 atom stereocenters. The molecule has 1 aromatic rings. The summed E-state index contributed by atoms with van der Waals surface area (Å²) in [6.07, 6.45) is 0. The van der Waals surface area contributed by atoms with E-state index in [-0.39, 0.29) is 0 Å². The van der Waals surface area contributed by atoms with Crippen molar-refractivity contribution >= 4 is 12.5 Å². The molecule has 0 amide bonds. The monoisotopic (exact) mass is 131 g/mol. The summed E-state index contributed by atoms with van der Waals surface area (Å²) in [5.74, 6) is 0. The highest BCUT2D eigenvalue weighted by molar-refractivity contribution is 6.39. The molecule has 0 saturated heterocycles. The van der Waals surface area contributed by atoms with Crippen LogP contribution < -0.4 is 15.9 Å². The van der Waals surface area contributed by atoms with Gasteiger partial charge in [-0.3, -0.25) is 5.43 Å². The molecule has 1 aliphatic heterocycles. The molecule has 1 aliphatic rings. The highest BCUT2D eigenvalue weighted by Crippen LogP contribution is 1.92. The van der Waals surface area contributed by atoms with Gasteiger partial charge in [0.25, 0.3) is 0 Å². The van der Waals surface area contributed by atoms with Crippen LogP contribution in [0.4, 0.5) is 0 Å². The number of nitrogens with one attached hydrogen (secondary N) is 2. The zero-order valence-electron chi connectivity index (χ0n) is 5.59. The summed E-state index contributed by atoms with van der Waals surface area (Å²) >= 11 is 0. The van der Waals surface area contributed by atoms with Gasteiger partial charge in [-0.25, -0.2) is 0 Å². The van der Waals surface area contributed by atoms with Crippen LogP contribution in [0.1, 0.15) is 5.56 Å². The van der Waals surface area contributed by atoms with E-state index in [9.17, 15) is 0 Å². The summed E-state index contributed by atoms with van der Waals surface area (Å²) in [6, 6.07) is 8.32. The third-order valence-electron chi connectivity index (χ3n) is 1.66. The highest BCUT2D eigenvalue weighted by atomic mass is 15.3. The fraction of sp³-hybridized carbons (Fsp3) is 0.143. The van der Waals surface area contributed by atoms with E-state index in [0.717, 1.165) is 6.54 Å². The van der Waals surface area contributed by atoms with Crippen LogP contribution in [0.2, 0.25) is 0 Å². The number of hydrogen-bond donors (Lipinski definition) is 2. The summed E-state index contributed by atoms with van der Waals surface area (Å²) in [7, 11) is 1.97. The first-order valence-corrected chi connectivity index (χ1v) is 3.36. The SMILES string of the molecule is [B-]1=[NH+]NCc2ccccc21. The quantitative estimate of drug-likeness (QED) is 0.403. The summed E-state index contributed by atoms with van der Waals surface area (Å²) in [5, 5.41) is 2.97. The van der Waals surface area contributed by atoms with E-state index in [1.165, 1.54) is 11.0 Å². The standard InChI is InChI=1S/C7H8BN2/c1-2-4-7-6(3-1)5-9-10-8-7/h1-4,9-10H,5H2. The van der Waals surface area contributed by atoms with Crippen LogP contribution in [0.3, 0.4) is 0 Å². The van der Waals surface area contributed by atoms with Gasteiger partial charge in [0.1, 0.15) is 7.07 Å². The number of rotatable bonds is 0. The lowest BCUT2D eigenvalue weighted by Crippen LogP contribution is -2.83. The van der Waals surface area contributed by atoms with E-state index >= 15 is 0 Å². The second-order valence-electron chi connectivity index (χ2n) is 2.34. The first-order chi connectivity index (χ1) is 4.97. The molecular weight excluding hydrogens is 123 g/mol. The van der Waals surface area contributed by atoms with Crippen LogP contribution in [0.5, 0.6) is 0 Å². The molecule has 49 valence electrons. The molecule has 0 unspecified atom stereocenters. The topological polar surface area (TPSA) is 26.0 Å². The van der Waals surface area contributed by atoms with Crippen molar-refractivity contribution in [3.05, 3.63) is 29.8 Å².